The summed E-state index contributed by atoms with van der Waals surface area (Å²) < 4.78 is 3.82. The van der Waals surface area contributed by atoms with Gasteiger partial charge in [-0.3, -0.25) is 4.79 Å². The number of carbonyl (C=O) groups excluding carboxylic acids is 2. The second-order valence-corrected chi connectivity index (χ2v) is 6.79. The quantitative estimate of drug-likeness (QED) is 0.847. The lowest BCUT2D eigenvalue weighted by atomic mass is 9.82. The molecule has 0 spiro atoms. The molecule has 2 aromatic rings. The standard InChI is InChI=1S/C17H15N3O3S/c21-16(14-10-1-2-11(7-10)15(14)17(22)23)18-12-5-3-9(4-6-12)13-8-24-20-19-13/h1-6,8,10-11,14-15H,7H2,(H,18,21)(H,22,23)/p-1/t10-,11-,14+,15-/m0/s1. The maximum Gasteiger partial charge on any atom is 0.228 e. The van der Waals surface area contributed by atoms with E-state index < -0.39 is 17.8 Å². The number of anilines is 1. The SMILES string of the molecule is O=C([O-])[C@@H]1[C@H](C(=O)Nc2ccc(-c3csnn3)cc2)[C@H]2C=C[C@H]1C2. The van der Waals surface area contributed by atoms with Crippen molar-refractivity contribution in [2.45, 2.75) is 6.42 Å². The Morgan fingerprint density at radius 2 is 1.83 bits per heavy atom. The Bertz CT molecular complexity index is 801. The first-order chi connectivity index (χ1) is 11.6. The monoisotopic (exact) mass is 340 g/mol. The Labute approximate surface area is 142 Å². The maximum atomic E-state index is 12.6. The van der Waals surface area contributed by atoms with Gasteiger partial charge in [0.05, 0.1) is 5.92 Å². The highest BCUT2D eigenvalue weighted by Gasteiger charge is 2.48. The zero-order chi connectivity index (χ0) is 16.7. The summed E-state index contributed by atoms with van der Waals surface area (Å²) >= 11 is 1.28. The van der Waals surface area contributed by atoms with Crippen LogP contribution in [0.1, 0.15) is 6.42 Å². The molecule has 2 aliphatic carbocycles. The fraction of sp³-hybridized carbons (Fsp3) is 0.294. The van der Waals surface area contributed by atoms with Gasteiger partial charge in [0, 0.05) is 28.5 Å². The number of rotatable bonds is 4. The van der Waals surface area contributed by atoms with Gasteiger partial charge in [-0.05, 0) is 41.9 Å². The van der Waals surface area contributed by atoms with Crippen LogP contribution in [0.15, 0.2) is 41.8 Å². The first-order valence-electron chi connectivity index (χ1n) is 7.71. The Balaban J connectivity index is 1.50. The van der Waals surface area contributed by atoms with E-state index in [0.717, 1.165) is 11.3 Å². The zero-order valence-corrected chi connectivity index (χ0v) is 13.4. The van der Waals surface area contributed by atoms with Gasteiger partial charge in [-0.15, -0.1) is 5.10 Å². The highest BCUT2D eigenvalue weighted by Crippen LogP contribution is 2.48. The predicted molar refractivity (Wildman–Crippen MR) is 86.7 cm³/mol. The van der Waals surface area contributed by atoms with Gasteiger partial charge in [-0.25, -0.2) is 0 Å². The van der Waals surface area contributed by atoms with Crippen molar-refractivity contribution >= 4 is 29.1 Å². The highest BCUT2D eigenvalue weighted by atomic mass is 32.1. The number of aromatic nitrogens is 2. The molecule has 1 amide bonds. The molecule has 1 aromatic carbocycles. The summed E-state index contributed by atoms with van der Waals surface area (Å²) in [6.45, 7) is 0. The van der Waals surface area contributed by atoms with Crippen molar-refractivity contribution in [1.82, 2.24) is 9.59 Å². The van der Waals surface area contributed by atoms with E-state index in [9.17, 15) is 14.7 Å². The Morgan fingerprint density at radius 1 is 1.12 bits per heavy atom. The van der Waals surface area contributed by atoms with Crippen LogP contribution in [-0.2, 0) is 9.59 Å². The van der Waals surface area contributed by atoms with Crippen LogP contribution in [-0.4, -0.2) is 21.5 Å². The van der Waals surface area contributed by atoms with E-state index in [1.807, 2.05) is 29.7 Å². The summed E-state index contributed by atoms with van der Waals surface area (Å²) in [7, 11) is 0. The van der Waals surface area contributed by atoms with Crippen LogP contribution in [0, 0.1) is 23.7 Å². The lowest BCUT2D eigenvalue weighted by Crippen LogP contribution is -2.42. The van der Waals surface area contributed by atoms with Crippen molar-refractivity contribution < 1.29 is 14.7 Å². The molecule has 1 heterocycles. The van der Waals surface area contributed by atoms with Gasteiger partial charge >= 0.3 is 0 Å². The van der Waals surface area contributed by atoms with Gasteiger partial charge in [-0.1, -0.05) is 28.8 Å². The van der Waals surface area contributed by atoms with Crippen LogP contribution >= 0.6 is 11.5 Å². The van der Waals surface area contributed by atoms with Crippen LogP contribution in [0.3, 0.4) is 0 Å². The largest absolute Gasteiger partial charge is 0.550 e. The number of aliphatic carboxylic acids is 1. The second-order valence-electron chi connectivity index (χ2n) is 6.18. The molecule has 0 aliphatic heterocycles. The molecular weight excluding hydrogens is 326 g/mol. The Morgan fingerprint density at radius 3 is 2.46 bits per heavy atom. The predicted octanol–water partition coefficient (Wildman–Crippen LogP) is 1.33. The molecule has 2 aliphatic rings. The average Bonchev–Trinajstić information content (AvgIpc) is 3.31. The van der Waals surface area contributed by atoms with Crippen molar-refractivity contribution in [3.63, 3.8) is 0 Å². The van der Waals surface area contributed by atoms with Crippen LogP contribution in [0.4, 0.5) is 5.69 Å². The van der Waals surface area contributed by atoms with Crippen LogP contribution in [0.5, 0.6) is 0 Å². The van der Waals surface area contributed by atoms with E-state index in [4.69, 9.17) is 0 Å². The van der Waals surface area contributed by atoms with Crippen molar-refractivity contribution in [1.29, 1.82) is 0 Å². The number of carboxylic acids is 1. The topological polar surface area (TPSA) is 95.0 Å². The zero-order valence-electron chi connectivity index (χ0n) is 12.6. The minimum Gasteiger partial charge on any atom is -0.550 e. The van der Waals surface area contributed by atoms with Crippen LogP contribution in [0.25, 0.3) is 11.3 Å². The molecule has 6 nitrogen and oxygen atoms in total. The smallest absolute Gasteiger partial charge is 0.228 e. The number of hydrogen-bond donors (Lipinski definition) is 1. The Kier molecular flexibility index (Phi) is 3.65. The summed E-state index contributed by atoms with van der Waals surface area (Å²) in [6.07, 6.45) is 4.56. The summed E-state index contributed by atoms with van der Waals surface area (Å²) in [5, 5.41) is 20.1. The molecule has 122 valence electrons. The van der Waals surface area contributed by atoms with Gasteiger partial charge in [-0.2, -0.15) is 0 Å². The number of nitrogens with zero attached hydrogens (tertiary/aromatic N) is 2. The number of hydrogen-bond acceptors (Lipinski definition) is 6. The molecule has 2 bridgehead atoms. The molecule has 7 heteroatoms. The third-order valence-electron chi connectivity index (χ3n) is 4.84. The van der Waals surface area contributed by atoms with E-state index in [2.05, 4.69) is 14.9 Å². The fourth-order valence-electron chi connectivity index (χ4n) is 3.74. The normalized spacial score (nSPS) is 27.3. The van der Waals surface area contributed by atoms with Crippen molar-refractivity contribution in [3.05, 3.63) is 41.8 Å². The minimum atomic E-state index is -1.14. The van der Waals surface area contributed by atoms with Crippen molar-refractivity contribution in [3.8, 4) is 11.3 Å². The molecule has 1 saturated carbocycles. The van der Waals surface area contributed by atoms with Gasteiger partial charge in [0.15, 0.2) is 0 Å². The molecule has 0 saturated heterocycles. The summed E-state index contributed by atoms with van der Waals surface area (Å²) in [4.78, 5) is 24.0. The lowest BCUT2D eigenvalue weighted by Gasteiger charge is -2.27. The minimum absolute atomic E-state index is 0.0155. The molecule has 4 atom stereocenters. The van der Waals surface area contributed by atoms with Crippen molar-refractivity contribution in [2.24, 2.45) is 23.7 Å². The molecule has 1 aromatic heterocycles. The van der Waals surface area contributed by atoms with E-state index in [1.165, 1.54) is 11.5 Å². The molecular formula is C17H14N3O3S-. The van der Waals surface area contributed by atoms with E-state index in [0.29, 0.717) is 12.1 Å². The lowest BCUT2D eigenvalue weighted by molar-refractivity contribution is -0.313. The number of carboxylic acid groups (broad SMARTS) is 1. The van der Waals surface area contributed by atoms with E-state index in [-0.39, 0.29) is 17.7 Å². The Hall–Kier alpha value is -2.54. The van der Waals surface area contributed by atoms with Crippen LogP contribution in [0.2, 0.25) is 0 Å². The second kappa shape index (κ2) is 5.83. The third-order valence-corrected chi connectivity index (χ3v) is 5.35. The number of fused-ring (bicyclic) bond motifs is 2. The number of nitrogens with one attached hydrogen (secondary N) is 1. The molecule has 0 unspecified atom stereocenters. The maximum absolute atomic E-state index is 12.6. The average molecular weight is 340 g/mol. The van der Waals surface area contributed by atoms with E-state index in [1.54, 1.807) is 12.1 Å². The molecule has 4 rings (SSSR count). The number of amides is 1. The third kappa shape index (κ3) is 2.50. The summed E-state index contributed by atoms with van der Waals surface area (Å²) in [5.41, 5.74) is 2.33. The van der Waals surface area contributed by atoms with E-state index >= 15 is 0 Å². The van der Waals surface area contributed by atoms with Crippen molar-refractivity contribution in [2.75, 3.05) is 5.32 Å². The summed E-state index contributed by atoms with van der Waals surface area (Å²) in [6, 6.07) is 7.26. The van der Waals surface area contributed by atoms with Gasteiger partial charge in [0.1, 0.15) is 5.69 Å². The first kappa shape index (κ1) is 15.0. The number of allylic oxidation sites excluding steroid dienone is 2. The molecule has 1 fully saturated rings. The highest BCUT2D eigenvalue weighted by molar-refractivity contribution is 7.03. The number of carbonyl (C=O) groups is 2. The number of benzene rings is 1. The van der Waals surface area contributed by atoms with Gasteiger partial charge in [0.2, 0.25) is 5.91 Å². The van der Waals surface area contributed by atoms with Gasteiger partial charge in [0.25, 0.3) is 0 Å². The van der Waals surface area contributed by atoms with Crippen LogP contribution < -0.4 is 10.4 Å². The molecule has 1 N–H and O–H groups in total. The summed E-state index contributed by atoms with van der Waals surface area (Å²) in [5.74, 6) is -2.80. The molecule has 24 heavy (non-hydrogen) atoms. The van der Waals surface area contributed by atoms with Gasteiger partial charge < -0.3 is 15.2 Å². The fourth-order valence-corrected chi connectivity index (χ4v) is 4.21. The molecule has 0 radical (unpaired) electrons. The first-order valence-corrected chi connectivity index (χ1v) is 8.54.